The summed E-state index contributed by atoms with van der Waals surface area (Å²) in [5, 5.41) is 3.05. The Hall–Kier alpha value is -0.740. The number of hydrogen-bond acceptors (Lipinski definition) is 3. The molecule has 0 saturated heterocycles. The zero-order valence-corrected chi connectivity index (χ0v) is 8.48. The Morgan fingerprint density at radius 1 is 1.62 bits per heavy atom. The number of pyridine rings is 1. The summed E-state index contributed by atoms with van der Waals surface area (Å²) < 4.78 is 0. The molecule has 1 N–H and O–H groups in total. The molecule has 0 fully saturated rings. The van der Waals surface area contributed by atoms with Gasteiger partial charge < -0.3 is 5.32 Å². The summed E-state index contributed by atoms with van der Waals surface area (Å²) in [4.78, 5) is 15.1. The van der Waals surface area contributed by atoms with Crippen LogP contribution in [0.15, 0.2) is 18.3 Å². The fourth-order valence-electron chi connectivity index (χ4n) is 0.782. The van der Waals surface area contributed by atoms with Gasteiger partial charge in [-0.15, -0.1) is 0 Å². The molecule has 0 atom stereocenters. The predicted molar refractivity (Wildman–Crippen MR) is 55.4 cm³/mol. The fourth-order valence-corrected chi connectivity index (χ4v) is 1.01. The normalized spacial score (nSPS) is 9.69. The molecule has 0 spiro atoms. The van der Waals surface area contributed by atoms with Crippen molar-refractivity contribution in [2.24, 2.45) is 0 Å². The topological polar surface area (TPSA) is 42.0 Å². The Morgan fingerprint density at radius 3 is 2.92 bits per heavy atom. The second kappa shape index (κ2) is 5.09. The van der Waals surface area contributed by atoms with Gasteiger partial charge in [-0.3, -0.25) is 4.79 Å². The first kappa shape index (κ1) is 10.3. The molecule has 0 aliphatic carbocycles. The lowest BCUT2D eigenvalue weighted by molar-refractivity contribution is 0.0956. The number of carbonyl (C=O) groups excluding carboxylic acids is 1. The third-order valence-corrected chi connectivity index (χ3v) is 1.83. The number of hydrogen-bond donors (Lipinski definition) is 2. The second-order valence-electron chi connectivity index (χ2n) is 2.35. The van der Waals surface area contributed by atoms with Crippen LogP contribution in [-0.2, 0) is 0 Å². The lowest BCUT2D eigenvalue weighted by atomic mass is 10.3. The molecule has 13 heavy (non-hydrogen) atoms. The fraction of sp³-hybridized carbons (Fsp3) is 0.250. The Kier molecular flexibility index (Phi) is 4.05. The highest BCUT2D eigenvalue weighted by molar-refractivity contribution is 7.80. The van der Waals surface area contributed by atoms with E-state index < -0.39 is 0 Å². The number of nitrogens with one attached hydrogen (secondary N) is 1. The standard InChI is InChI=1S/C8H9ClN2OS/c9-7-2-1-6(5-11-7)8(12)10-3-4-13/h1-2,5,13H,3-4H2,(H,10,12). The van der Waals surface area contributed by atoms with Gasteiger partial charge >= 0.3 is 0 Å². The third-order valence-electron chi connectivity index (χ3n) is 1.39. The first-order valence-corrected chi connectivity index (χ1v) is 4.75. The van der Waals surface area contributed by atoms with Gasteiger partial charge in [-0.1, -0.05) is 11.6 Å². The first-order valence-electron chi connectivity index (χ1n) is 3.74. The van der Waals surface area contributed by atoms with Gasteiger partial charge in [0.15, 0.2) is 0 Å². The number of halogens is 1. The van der Waals surface area contributed by atoms with E-state index in [1.807, 2.05) is 0 Å². The maximum Gasteiger partial charge on any atom is 0.252 e. The summed E-state index contributed by atoms with van der Waals surface area (Å²) in [6.07, 6.45) is 1.44. The maximum atomic E-state index is 11.3. The summed E-state index contributed by atoms with van der Waals surface area (Å²) in [5.41, 5.74) is 0.506. The summed E-state index contributed by atoms with van der Waals surface area (Å²) in [5.74, 6) is 0.463. The SMILES string of the molecule is O=C(NCCS)c1ccc(Cl)nc1. The molecule has 3 nitrogen and oxygen atoms in total. The first-order chi connectivity index (χ1) is 6.24. The summed E-state index contributed by atoms with van der Waals surface area (Å²) in [6, 6.07) is 3.21. The second-order valence-corrected chi connectivity index (χ2v) is 3.18. The van der Waals surface area contributed by atoms with Gasteiger partial charge in [-0.2, -0.15) is 12.6 Å². The Morgan fingerprint density at radius 2 is 2.38 bits per heavy atom. The number of carbonyl (C=O) groups is 1. The van der Waals surface area contributed by atoms with Crippen LogP contribution >= 0.6 is 24.2 Å². The number of thiol groups is 1. The van der Waals surface area contributed by atoms with E-state index >= 15 is 0 Å². The number of nitrogens with zero attached hydrogens (tertiary/aromatic N) is 1. The molecule has 0 radical (unpaired) electrons. The van der Waals surface area contributed by atoms with E-state index in [4.69, 9.17) is 11.6 Å². The molecule has 1 amide bonds. The summed E-state index contributed by atoms with van der Waals surface area (Å²) in [7, 11) is 0. The maximum absolute atomic E-state index is 11.3. The highest BCUT2D eigenvalue weighted by Crippen LogP contribution is 2.04. The Balaban J connectivity index is 2.61. The molecular formula is C8H9ClN2OS. The van der Waals surface area contributed by atoms with E-state index in [2.05, 4.69) is 22.9 Å². The predicted octanol–water partition coefficient (Wildman–Crippen LogP) is 1.39. The van der Waals surface area contributed by atoms with Crippen molar-refractivity contribution in [1.29, 1.82) is 0 Å². The van der Waals surface area contributed by atoms with Crippen LogP contribution in [0.3, 0.4) is 0 Å². The quantitative estimate of drug-likeness (QED) is 0.593. The van der Waals surface area contributed by atoms with Crippen molar-refractivity contribution >= 4 is 30.1 Å². The van der Waals surface area contributed by atoms with Crippen LogP contribution in [0.25, 0.3) is 0 Å². The molecule has 5 heteroatoms. The lowest BCUT2D eigenvalue weighted by Crippen LogP contribution is -2.25. The van der Waals surface area contributed by atoms with Crippen LogP contribution in [0.4, 0.5) is 0 Å². The van der Waals surface area contributed by atoms with E-state index in [9.17, 15) is 4.79 Å². The molecule has 0 unspecified atom stereocenters. The van der Waals surface area contributed by atoms with Crippen molar-refractivity contribution < 1.29 is 4.79 Å². The van der Waals surface area contributed by atoms with Crippen LogP contribution in [0.1, 0.15) is 10.4 Å². The van der Waals surface area contributed by atoms with Crippen LogP contribution in [0.2, 0.25) is 5.15 Å². The molecule has 1 aromatic rings. The number of aromatic nitrogens is 1. The van der Waals surface area contributed by atoms with Crippen molar-refractivity contribution in [2.75, 3.05) is 12.3 Å². The van der Waals surface area contributed by atoms with Crippen LogP contribution < -0.4 is 5.32 Å². The third kappa shape index (κ3) is 3.24. The number of amides is 1. The summed E-state index contributed by atoms with van der Waals surface area (Å²) >= 11 is 9.54. The number of rotatable bonds is 3. The smallest absolute Gasteiger partial charge is 0.252 e. The molecule has 1 aromatic heterocycles. The molecule has 70 valence electrons. The van der Waals surface area contributed by atoms with E-state index in [-0.39, 0.29) is 5.91 Å². The van der Waals surface area contributed by atoms with E-state index in [1.165, 1.54) is 6.20 Å². The van der Waals surface area contributed by atoms with E-state index in [1.54, 1.807) is 12.1 Å². The largest absolute Gasteiger partial charge is 0.351 e. The molecular weight excluding hydrogens is 208 g/mol. The van der Waals surface area contributed by atoms with Gasteiger partial charge in [0.05, 0.1) is 5.56 Å². The molecule has 0 saturated carbocycles. The average molecular weight is 217 g/mol. The molecule has 0 aliphatic rings. The van der Waals surface area contributed by atoms with Gasteiger partial charge in [0.1, 0.15) is 5.15 Å². The van der Waals surface area contributed by atoms with Gasteiger partial charge in [-0.05, 0) is 12.1 Å². The monoisotopic (exact) mass is 216 g/mol. The molecule has 0 aromatic carbocycles. The van der Waals surface area contributed by atoms with Crippen molar-refractivity contribution in [2.45, 2.75) is 0 Å². The van der Waals surface area contributed by atoms with Gasteiger partial charge in [0.2, 0.25) is 0 Å². The van der Waals surface area contributed by atoms with Crippen molar-refractivity contribution in [3.05, 3.63) is 29.0 Å². The molecule has 0 aliphatic heterocycles. The van der Waals surface area contributed by atoms with Crippen LogP contribution in [-0.4, -0.2) is 23.2 Å². The zero-order chi connectivity index (χ0) is 9.68. The molecule has 1 heterocycles. The van der Waals surface area contributed by atoms with Crippen molar-refractivity contribution in [1.82, 2.24) is 10.3 Å². The molecule has 1 rings (SSSR count). The minimum absolute atomic E-state index is 0.154. The minimum atomic E-state index is -0.154. The Labute approximate surface area is 86.9 Å². The van der Waals surface area contributed by atoms with Crippen molar-refractivity contribution in [3.63, 3.8) is 0 Å². The highest BCUT2D eigenvalue weighted by atomic mass is 35.5. The Bertz CT molecular complexity index is 289. The van der Waals surface area contributed by atoms with E-state index in [0.717, 1.165) is 0 Å². The lowest BCUT2D eigenvalue weighted by Gasteiger charge is -2.01. The van der Waals surface area contributed by atoms with Gasteiger partial charge in [0, 0.05) is 18.5 Å². The van der Waals surface area contributed by atoms with Crippen LogP contribution in [0.5, 0.6) is 0 Å². The zero-order valence-electron chi connectivity index (χ0n) is 6.83. The van der Waals surface area contributed by atoms with Crippen LogP contribution in [0, 0.1) is 0 Å². The summed E-state index contributed by atoms with van der Waals surface area (Å²) in [6.45, 7) is 0.546. The van der Waals surface area contributed by atoms with Gasteiger partial charge in [-0.25, -0.2) is 4.98 Å². The van der Waals surface area contributed by atoms with E-state index in [0.29, 0.717) is 23.0 Å². The highest BCUT2D eigenvalue weighted by Gasteiger charge is 2.03. The molecule has 0 bridgehead atoms. The average Bonchev–Trinajstić information content (AvgIpc) is 2.15. The van der Waals surface area contributed by atoms with Crippen molar-refractivity contribution in [3.8, 4) is 0 Å². The minimum Gasteiger partial charge on any atom is -0.351 e. The van der Waals surface area contributed by atoms with Gasteiger partial charge in [0.25, 0.3) is 5.91 Å².